The van der Waals surface area contributed by atoms with Crippen LogP contribution in [0.3, 0.4) is 0 Å². The number of halogens is 1. The number of aromatic nitrogens is 3. The molecule has 4 rings (SSSR count). The van der Waals surface area contributed by atoms with E-state index in [0.717, 1.165) is 49.1 Å². The Labute approximate surface area is 175 Å². The average molecular weight is 430 g/mol. The van der Waals surface area contributed by atoms with Crippen LogP contribution in [0.4, 0.5) is 10.1 Å². The van der Waals surface area contributed by atoms with Crippen molar-refractivity contribution in [3.63, 3.8) is 0 Å². The van der Waals surface area contributed by atoms with Gasteiger partial charge in [0.25, 0.3) is 0 Å². The Morgan fingerprint density at radius 3 is 2.57 bits per heavy atom. The quantitative estimate of drug-likeness (QED) is 0.651. The summed E-state index contributed by atoms with van der Waals surface area (Å²) in [4.78, 5) is 2.31. The maximum absolute atomic E-state index is 14.0. The Hall–Kier alpha value is -2.78. The first-order valence-electron chi connectivity index (χ1n) is 9.83. The summed E-state index contributed by atoms with van der Waals surface area (Å²) in [5.74, 6) is -0.240. The van der Waals surface area contributed by atoms with Crippen molar-refractivity contribution in [3.8, 4) is 5.69 Å². The molecule has 0 aliphatic carbocycles. The molecule has 0 bridgehead atoms. The third-order valence-electron chi connectivity index (χ3n) is 5.23. The molecule has 7 nitrogen and oxygen atoms in total. The molecule has 2 heterocycles. The molecule has 0 radical (unpaired) electrons. The van der Waals surface area contributed by atoms with E-state index in [2.05, 4.69) is 19.9 Å². The summed E-state index contributed by atoms with van der Waals surface area (Å²) in [6.07, 6.45) is 4.74. The van der Waals surface area contributed by atoms with Crippen LogP contribution in [0, 0.1) is 5.82 Å². The van der Waals surface area contributed by atoms with Gasteiger partial charge in [-0.25, -0.2) is 17.5 Å². The van der Waals surface area contributed by atoms with Crippen molar-refractivity contribution in [1.82, 2.24) is 19.9 Å². The van der Waals surface area contributed by atoms with E-state index in [1.165, 1.54) is 12.1 Å². The molecule has 1 aliphatic rings. The van der Waals surface area contributed by atoms with Crippen LogP contribution in [0.1, 0.15) is 30.0 Å². The highest BCUT2D eigenvalue weighted by Gasteiger charge is 2.22. The van der Waals surface area contributed by atoms with Crippen LogP contribution in [-0.2, 0) is 16.6 Å². The van der Waals surface area contributed by atoms with Gasteiger partial charge in [-0.1, -0.05) is 23.4 Å². The highest BCUT2D eigenvalue weighted by molar-refractivity contribution is 7.92. The van der Waals surface area contributed by atoms with E-state index < -0.39 is 15.8 Å². The molecule has 1 aromatic heterocycles. The first kappa shape index (κ1) is 20.5. The van der Waals surface area contributed by atoms with Gasteiger partial charge in [-0.2, -0.15) is 0 Å². The van der Waals surface area contributed by atoms with Gasteiger partial charge >= 0.3 is 0 Å². The van der Waals surface area contributed by atoms with Crippen LogP contribution in [0.5, 0.6) is 0 Å². The van der Waals surface area contributed by atoms with E-state index in [-0.39, 0.29) is 11.6 Å². The molecule has 158 valence electrons. The monoisotopic (exact) mass is 429 g/mol. The first-order valence-corrected chi connectivity index (χ1v) is 11.7. The summed E-state index contributed by atoms with van der Waals surface area (Å²) in [5.41, 5.74) is 2.98. The molecule has 2 aromatic carbocycles. The van der Waals surface area contributed by atoms with Crippen molar-refractivity contribution in [2.24, 2.45) is 0 Å². The van der Waals surface area contributed by atoms with Gasteiger partial charge in [0.2, 0.25) is 10.0 Å². The van der Waals surface area contributed by atoms with Gasteiger partial charge in [-0.15, -0.1) is 5.10 Å². The predicted octanol–water partition coefficient (Wildman–Crippen LogP) is 3.16. The summed E-state index contributed by atoms with van der Waals surface area (Å²) < 4.78 is 41.0. The van der Waals surface area contributed by atoms with Crippen molar-refractivity contribution >= 4 is 15.7 Å². The summed E-state index contributed by atoms with van der Waals surface area (Å²) in [6.45, 7) is 2.42. The lowest BCUT2D eigenvalue weighted by atomic mass is 9.89. The Morgan fingerprint density at radius 1 is 1.13 bits per heavy atom. The van der Waals surface area contributed by atoms with E-state index >= 15 is 0 Å². The van der Waals surface area contributed by atoms with Crippen LogP contribution >= 0.6 is 0 Å². The molecule has 0 unspecified atom stereocenters. The predicted molar refractivity (Wildman–Crippen MR) is 113 cm³/mol. The van der Waals surface area contributed by atoms with E-state index in [4.69, 9.17) is 0 Å². The van der Waals surface area contributed by atoms with Gasteiger partial charge in [0, 0.05) is 6.54 Å². The second kappa shape index (κ2) is 8.53. The molecular formula is C21H24FN5O2S. The Kier molecular flexibility index (Phi) is 5.83. The Morgan fingerprint density at radius 2 is 1.87 bits per heavy atom. The van der Waals surface area contributed by atoms with Crippen molar-refractivity contribution in [1.29, 1.82) is 0 Å². The number of sulfonamides is 1. The fourth-order valence-corrected chi connectivity index (χ4v) is 4.40. The highest BCUT2D eigenvalue weighted by atomic mass is 32.2. The smallest absolute Gasteiger partial charge is 0.229 e. The number of benzene rings is 2. The first-order chi connectivity index (χ1) is 14.4. The minimum atomic E-state index is -3.44. The minimum Gasteiger partial charge on any atom is -0.297 e. The molecule has 1 aliphatic heterocycles. The third-order valence-corrected chi connectivity index (χ3v) is 5.84. The summed E-state index contributed by atoms with van der Waals surface area (Å²) in [5, 5.41) is 8.48. The maximum atomic E-state index is 14.0. The van der Waals surface area contributed by atoms with E-state index in [1.54, 1.807) is 10.7 Å². The molecule has 0 amide bonds. The summed E-state index contributed by atoms with van der Waals surface area (Å²) in [6, 6.07) is 14.3. The summed E-state index contributed by atoms with van der Waals surface area (Å²) >= 11 is 0. The zero-order valence-corrected chi connectivity index (χ0v) is 17.5. The number of rotatable bonds is 6. The van der Waals surface area contributed by atoms with Crippen molar-refractivity contribution in [2.45, 2.75) is 25.3 Å². The molecule has 3 aromatic rings. The number of piperidine rings is 1. The number of anilines is 1. The average Bonchev–Trinajstić information content (AvgIpc) is 3.16. The van der Waals surface area contributed by atoms with Crippen molar-refractivity contribution in [3.05, 3.63) is 71.8 Å². The lowest BCUT2D eigenvalue weighted by Gasteiger charge is -2.31. The number of para-hydroxylation sites is 1. The fourth-order valence-electron chi connectivity index (χ4n) is 3.85. The Balaban J connectivity index is 1.37. The SMILES string of the molecule is CS(=O)(=O)Nc1cc(F)cc(C2CCN(Cc3cn(-c4ccccc4)nn3)CC2)c1. The van der Waals surface area contributed by atoms with Crippen LogP contribution in [0.25, 0.3) is 5.69 Å². The number of nitrogens with zero attached hydrogens (tertiary/aromatic N) is 4. The van der Waals surface area contributed by atoms with Gasteiger partial charge in [0.05, 0.1) is 29.5 Å². The molecule has 0 saturated carbocycles. The lowest BCUT2D eigenvalue weighted by molar-refractivity contribution is 0.202. The molecule has 1 fully saturated rings. The largest absolute Gasteiger partial charge is 0.297 e. The maximum Gasteiger partial charge on any atom is 0.229 e. The normalized spacial score (nSPS) is 15.9. The molecule has 1 saturated heterocycles. The van der Waals surface area contributed by atoms with Crippen LogP contribution in [0.15, 0.2) is 54.7 Å². The number of hydrogen-bond donors (Lipinski definition) is 1. The van der Waals surface area contributed by atoms with Crippen LogP contribution < -0.4 is 4.72 Å². The molecule has 1 N–H and O–H groups in total. The third kappa shape index (κ3) is 5.22. The van der Waals surface area contributed by atoms with E-state index in [1.807, 2.05) is 36.5 Å². The molecule has 9 heteroatoms. The second-order valence-electron chi connectivity index (χ2n) is 7.69. The number of nitrogens with one attached hydrogen (secondary N) is 1. The van der Waals surface area contributed by atoms with Gasteiger partial charge in [0.1, 0.15) is 5.82 Å². The second-order valence-corrected chi connectivity index (χ2v) is 9.44. The molecule has 0 spiro atoms. The fraction of sp³-hybridized carbons (Fsp3) is 0.333. The van der Waals surface area contributed by atoms with Crippen molar-refractivity contribution < 1.29 is 12.8 Å². The van der Waals surface area contributed by atoms with Gasteiger partial charge in [-0.3, -0.25) is 9.62 Å². The van der Waals surface area contributed by atoms with E-state index in [0.29, 0.717) is 6.54 Å². The molecular weight excluding hydrogens is 405 g/mol. The van der Waals surface area contributed by atoms with Gasteiger partial charge in [0.15, 0.2) is 0 Å². The molecule has 0 atom stereocenters. The summed E-state index contributed by atoms with van der Waals surface area (Å²) in [7, 11) is -3.44. The van der Waals surface area contributed by atoms with Crippen LogP contribution in [-0.4, -0.2) is 47.7 Å². The standard InChI is InChI=1S/C21H24FN5O2S/c1-30(28,29)24-19-12-17(11-18(22)13-19)16-7-9-26(10-8-16)14-20-15-27(25-23-20)21-5-3-2-4-6-21/h2-6,11-13,15-16,24H,7-10,14H2,1H3. The van der Waals surface area contributed by atoms with Crippen molar-refractivity contribution in [2.75, 3.05) is 24.1 Å². The van der Waals surface area contributed by atoms with Gasteiger partial charge < -0.3 is 0 Å². The minimum absolute atomic E-state index is 0.192. The number of likely N-dealkylation sites (tertiary alicyclic amines) is 1. The lowest BCUT2D eigenvalue weighted by Crippen LogP contribution is -2.32. The van der Waals surface area contributed by atoms with E-state index in [9.17, 15) is 12.8 Å². The van der Waals surface area contributed by atoms with Gasteiger partial charge in [-0.05, 0) is 67.7 Å². The topological polar surface area (TPSA) is 80.1 Å². The Bertz CT molecular complexity index is 1110. The number of hydrogen-bond acceptors (Lipinski definition) is 5. The molecule has 30 heavy (non-hydrogen) atoms. The zero-order chi connectivity index (χ0) is 21.1. The zero-order valence-electron chi connectivity index (χ0n) is 16.7. The van der Waals surface area contributed by atoms with Crippen LogP contribution in [0.2, 0.25) is 0 Å². The highest BCUT2D eigenvalue weighted by Crippen LogP contribution is 2.31.